The summed E-state index contributed by atoms with van der Waals surface area (Å²) in [6.45, 7) is 3.27. The molecule has 1 rings (SSSR count). The van der Waals surface area contributed by atoms with Crippen LogP contribution in [0.3, 0.4) is 0 Å². The third-order valence-electron chi connectivity index (χ3n) is 2.23. The molecule has 84 valence electrons. The number of β-amino-alcohol motifs (C(OH)–C–C–N with tert-alkyl or cyclic N) is 1. The van der Waals surface area contributed by atoms with Crippen LogP contribution in [0.2, 0.25) is 0 Å². The number of nitrogens with one attached hydrogen (secondary N) is 1. The van der Waals surface area contributed by atoms with Gasteiger partial charge in [-0.25, -0.2) is 8.42 Å². The molecule has 5 nitrogen and oxygen atoms in total. The fourth-order valence-corrected chi connectivity index (χ4v) is 2.05. The Morgan fingerprint density at radius 2 is 2.29 bits per heavy atom. The van der Waals surface area contributed by atoms with Gasteiger partial charge in [0, 0.05) is 39.0 Å². The highest BCUT2D eigenvalue weighted by molar-refractivity contribution is 7.90. The van der Waals surface area contributed by atoms with Crippen LogP contribution in [-0.2, 0) is 9.84 Å². The van der Waals surface area contributed by atoms with Crippen molar-refractivity contribution in [2.45, 2.75) is 6.10 Å². The summed E-state index contributed by atoms with van der Waals surface area (Å²) in [4.78, 5) is 1.98. The molecule has 1 unspecified atom stereocenters. The minimum absolute atomic E-state index is 0.166. The first-order valence-corrected chi connectivity index (χ1v) is 6.82. The van der Waals surface area contributed by atoms with Crippen LogP contribution in [0.15, 0.2) is 0 Å². The van der Waals surface area contributed by atoms with Crippen molar-refractivity contribution >= 4 is 9.84 Å². The Hall–Kier alpha value is -0.170. The maximum Gasteiger partial charge on any atom is 0.148 e. The van der Waals surface area contributed by atoms with Crippen LogP contribution in [0, 0.1) is 0 Å². The molecule has 6 heteroatoms. The van der Waals surface area contributed by atoms with Crippen molar-refractivity contribution in [2.75, 3.05) is 44.7 Å². The van der Waals surface area contributed by atoms with Crippen LogP contribution < -0.4 is 5.32 Å². The van der Waals surface area contributed by atoms with Gasteiger partial charge in [0.25, 0.3) is 0 Å². The van der Waals surface area contributed by atoms with E-state index in [1.54, 1.807) is 0 Å². The van der Waals surface area contributed by atoms with Crippen molar-refractivity contribution in [2.24, 2.45) is 0 Å². The van der Waals surface area contributed by atoms with Gasteiger partial charge in [-0.2, -0.15) is 0 Å². The molecule has 0 saturated carbocycles. The molecule has 0 radical (unpaired) electrons. The summed E-state index contributed by atoms with van der Waals surface area (Å²) in [5, 5.41) is 12.5. The van der Waals surface area contributed by atoms with Crippen molar-refractivity contribution in [3.8, 4) is 0 Å². The molecule has 0 amide bonds. The van der Waals surface area contributed by atoms with Gasteiger partial charge in [-0.15, -0.1) is 0 Å². The van der Waals surface area contributed by atoms with Gasteiger partial charge in [0.05, 0.1) is 11.9 Å². The molecule has 1 saturated heterocycles. The fraction of sp³-hybridized carbons (Fsp3) is 1.00. The number of hydrogen-bond acceptors (Lipinski definition) is 5. The molecular formula is C8H18N2O3S. The highest BCUT2D eigenvalue weighted by atomic mass is 32.2. The summed E-state index contributed by atoms with van der Waals surface area (Å²) in [6.07, 6.45) is 0.844. The van der Waals surface area contributed by atoms with Gasteiger partial charge >= 0.3 is 0 Å². The molecule has 0 aromatic carbocycles. The number of sulfone groups is 1. The molecule has 14 heavy (non-hydrogen) atoms. The van der Waals surface area contributed by atoms with E-state index in [0.29, 0.717) is 19.6 Å². The highest BCUT2D eigenvalue weighted by Gasteiger charge is 2.16. The van der Waals surface area contributed by atoms with Crippen molar-refractivity contribution in [3.05, 3.63) is 0 Å². The van der Waals surface area contributed by atoms with Crippen LogP contribution >= 0.6 is 0 Å². The van der Waals surface area contributed by atoms with E-state index in [1.807, 2.05) is 4.90 Å². The Labute approximate surface area is 85.0 Å². The number of rotatable bonds is 3. The van der Waals surface area contributed by atoms with Crippen molar-refractivity contribution in [3.63, 3.8) is 0 Å². The van der Waals surface area contributed by atoms with Gasteiger partial charge in [-0.05, 0) is 0 Å². The predicted molar refractivity (Wildman–Crippen MR) is 55.0 cm³/mol. The van der Waals surface area contributed by atoms with Gasteiger partial charge in [0.2, 0.25) is 0 Å². The van der Waals surface area contributed by atoms with Gasteiger partial charge in [0.1, 0.15) is 9.84 Å². The van der Waals surface area contributed by atoms with Gasteiger partial charge in [-0.3, -0.25) is 4.90 Å². The highest BCUT2D eigenvalue weighted by Crippen LogP contribution is 1.97. The van der Waals surface area contributed by atoms with Gasteiger partial charge in [0.15, 0.2) is 0 Å². The summed E-state index contributed by atoms with van der Waals surface area (Å²) in [6, 6.07) is 0. The van der Waals surface area contributed by atoms with E-state index in [9.17, 15) is 13.5 Å². The lowest BCUT2D eigenvalue weighted by Gasteiger charge is -2.20. The number of aliphatic hydroxyl groups excluding tert-OH is 1. The zero-order valence-corrected chi connectivity index (χ0v) is 9.26. The molecule has 2 N–H and O–H groups in total. The lowest BCUT2D eigenvalue weighted by molar-refractivity contribution is 0.134. The Morgan fingerprint density at radius 3 is 2.93 bits per heavy atom. The zero-order valence-electron chi connectivity index (χ0n) is 8.44. The Bertz CT molecular complexity index is 266. The van der Waals surface area contributed by atoms with E-state index in [0.717, 1.165) is 13.1 Å². The van der Waals surface area contributed by atoms with E-state index in [4.69, 9.17) is 0 Å². The van der Waals surface area contributed by atoms with Gasteiger partial charge in [-0.1, -0.05) is 0 Å². The van der Waals surface area contributed by atoms with Crippen molar-refractivity contribution in [1.29, 1.82) is 0 Å². The summed E-state index contributed by atoms with van der Waals surface area (Å²) < 4.78 is 21.9. The number of nitrogens with zero attached hydrogens (tertiary/aromatic N) is 1. The minimum Gasteiger partial charge on any atom is -0.390 e. The summed E-state index contributed by atoms with van der Waals surface area (Å²) in [5.41, 5.74) is 0. The third kappa shape index (κ3) is 4.90. The Kier molecular flexibility index (Phi) is 4.31. The molecule has 0 aromatic heterocycles. The van der Waals surface area contributed by atoms with E-state index in [2.05, 4.69) is 5.32 Å². The third-order valence-corrected chi connectivity index (χ3v) is 3.16. The molecule has 1 aliphatic heterocycles. The Morgan fingerprint density at radius 1 is 1.57 bits per heavy atom. The molecule has 0 bridgehead atoms. The first-order valence-electron chi connectivity index (χ1n) is 4.76. The maximum absolute atomic E-state index is 10.9. The largest absolute Gasteiger partial charge is 0.390 e. The SMILES string of the molecule is CS(=O)(=O)CCN1CCNCC(O)C1. The van der Waals surface area contributed by atoms with Crippen LogP contribution in [0.25, 0.3) is 0 Å². The van der Waals surface area contributed by atoms with Crippen LogP contribution in [0.4, 0.5) is 0 Å². The average Bonchev–Trinajstić information content (AvgIpc) is 2.25. The smallest absolute Gasteiger partial charge is 0.148 e. The van der Waals surface area contributed by atoms with E-state index >= 15 is 0 Å². The topological polar surface area (TPSA) is 69.6 Å². The first kappa shape index (κ1) is 11.9. The average molecular weight is 222 g/mol. The van der Waals surface area contributed by atoms with Gasteiger partial charge < -0.3 is 10.4 Å². The summed E-state index contributed by atoms with van der Waals surface area (Å²) >= 11 is 0. The molecule has 0 aliphatic carbocycles. The zero-order chi connectivity index (χ0) is 10.6. The maximum atomic E-state index is 10.9. The molecule has 1 fully saturated rings. The van der Waals surface area contributed by atoms with Crippen LogP contribution in [0.5, 0.6) is 0 Å². The second-order valence-corrected chi connectivity index (χ2v) is 6.05. The Balaban J connectivity index is 2.35. The monoisotopic (exact) mass is 222 g/mol. The van der Waals surface area contributed by atoms with Crippen molar-refractivity contribution in [1.82, 2.24) is 10.2 Å². The van der Waals surface area contributed by atoms with Crippen molar-refractivity contribution < 1.29 is 13.5 Å². The molecule has 1 atom stereocenters. The number of hydrogen-bond donors (Lipinski definition) is 2. The lowest BCUT2D eigenvalue weighted by atomic mass is 10.3. The predicted octanol–water partition coefficient (Wildman–Crippen LogP) is -1.70. The standard InChI is InChI=1S/C8H18N2O3S/c1-14(12,13)5-4-10-3-2-9-6-8(11)7-10/h8-9,11H,2-7H2,1H3. The molecular weight excluding hydrogens is 204 g/mol. The van der Waals surface area contributed by atoms with E-state index < -0.39 is 15.9 Å². The second-order valence-electron chi connectivity index (χ2n) is 3.79. The van der Waals surface area contributed by atoms with Crippen LogP contribution in [-0.4, -0.2) is 69.3 Å². The van der Waals surface area contributed by atoms with E-state index in [1.165, 1.54) is 6.26 Å². The quantitative estimate of drug-likeness (QED) is 0.595. The molecule has 0 spiro atoms. The first-order chi connectivity index (χ1) is 6.47. The summed E-state index contributed by atoms with van der Waals surface area (Å²) in [5.74, 6) is 0.166. The molecule has 1 heterocycles. The van der Waals surface area contributed by atoms with E-state index in [-0.39, 0.29) is 5.75 Å². The number of aliphatic hydroxyl groups is 1. The molecule has 1 aliphatic rings. The molecule has 0 aromatic rings. The fourth-order valence-electron chi connectivity index (χ4n) is 1.46. The summed E-state index contributed by atoms with van der Waals surface area (Å²) in [7, 11) is -2.90. The normalized spacial score (nSPS) is 26.0. The minimum atomic E-state index is -2.90. The van der Waals surface area contributed by atoms with Crippen LogP contribution in [0.1, 0.15) is 0 Å². The second kappa shape index (κ2) is 5.06. The lowest BCUT2D eigenvalue weighted by Crippen LogP contribution is -2.35.